The fourth-order valence-corrected chi connectivity index (χ4v) is 2.26. The molecule has 3 N–H and O–H groups in total. The molecule has 1 aliphatic rings. The van der Waals surface area contributed by atoms with Crippen LogP contribution in [0.5, 0.6) is 0 Å². The van der Waals surface area contributed by atoms with Crippen LogP contribution in [0.2, 0.25) is 0 Å². The van der Waals surface area contributed by atoms with E-state index in [1.165, 1.54) is 37.9 Å². The summed E-state index contributed by atoms with van der Waals surface area (Å²) in [5, 5.41) is 3.73. The second-order valence-electron chi connectivity index (χ2n) is 4.81. The van der Waals surface area contributed by atoms with E-state index in [9.17, 15) is 4.79 Å². The van der Waals surface area contributed by atoms with E-state index in [1.54, 1.807) is 6.21 Å². The van der Waals surface area contributed by atoms with Crippen LogP contribution in [0, 0.1) is 0 Å². The van der Waals surface area contributed by atoms with E-state index in [4.69, 9.17) is 5.73 Å². The number of primary amides is 1. The molecule has 1 heterocycles. The number of amides is 2. The molecule has 0 saturated carbocycles. The predicted molar refractivity (Wildman–Crippen MR) is 75.9 cm³/mol. The average molecular weight is 260 g/mol. The van der Waals surface area contributed by atoms with Gasteiger partial charge in [0.15, 0.2) is 0 Å². The van der Waals surface area contributed by atoms with Gasteiger partial charge in [0.1, 0.15) is 0 Å². The Kier molecular flexibility index (Phi) is 4.92. The third-order valence-electron chi connectivity index (χ3n) is 3.22. The van der Waals surface area contributed by atoms with E-state index >= 15 is 0 Å². The molecule has 102 valence electrons. The van der Waals surface area contributed by atoms with Crippen molar-refractivity contribution in [3.63, 3.8) is 0 Å². The molecule has 1 aliphatic heterocycles. The van der Waals surface area contributed by atoms with Gasteiger partial charge in [0.05, 0.1) is 6.21 Å². The minimum atomic E-state index is -0.655. The zero-order valence-corrected chi connectivity index (χ0v) is 11.0. The maximum Gasteiger partial charge on any atom is 0.332 e. The smallest absolute Gasteiger partial charge is 0.332 e. The lowest BCUT2D eigenvalue weighted by atomic mass is 10.1. The summed E-state index contributed by atoms with van der Waals surface area (Å²) in [4.78, 5) is 12.9. The number of carbonyl (C=O) groups is 1. The first-order chi connectivity index (χ1) is 9.24. The molecule has 2 amide bonds. The van der Waals surface area contributed by atoms with Crippen molar-refractivity contribution in [1.29, 1.82) is 0 Å². The van der Waals surface area contributed by atoms with Crippen LogP contribution < -0.4 is 11.2 Å². The van der Waals surface area contributed by atoms with Gasteiger partial charge < -0.3 is 5.73 Å². The van der Waals surface area contributed by atoms with Crippen molar-refractivity contribution >= 4 is 12.2 Å². The monoisotopic (exact) mass is 260 g/mol. The Labute approximate surface area is 113 Å². The average Bonchev–Trinajstić information content (AvgIpc) is 2.42. The van der Waals surface area contributed by atoms with Gasteiger partial charge in [0.25, 0.3) is 0 Å². The molecule has 0 bridgehead atoms. The highest BCUT2D eigenvalue weighted by atomic mass is 16.2. The Morgan fingerprint density at radius 2 is 1.95 bits per heavy atom. The number of benzene rings is 1. The zero-order chi connectivity index (χ0) is 13.5. The number of piperidine rings is 1. The van der Waals surface area contributed by atoms with Gasteiger partial charge in [-0.3, -0.25) is 4.90 Å². The summed E-state index contributed by atoms with van der Waals surface area (Å²) in [6.45, 7) is 3.41. The van der Waals surface area contributed by atoms with Crippen molar-refractivity contribution in [1.82, 2.24) is 10.3 Å². The third kappa shape index (κ3) is 4.71. The number of nitrogens with one attached hydrogen (secondary N) is 1. The first-order valence-electron chi connectivity index (χ1n) is 6.64. The van der Waals surface area contributed by atoms with Crippen LogP contribution in [0.15, 0.2) is 29.4 Å². The molecule has 5 heteroatoms. The van der Waals surface area contributed by atoms with Crippen molar-refractivity contribution in [2.45, 2.75) is 25.8 Å². The Bertz CT molecular complexity index is 435. The van der Waals surface area contributed by atoms with Crippen LogP contribution in [0.3, 0.4) is 0 Å². The number of hydrazone groups is 1. The van der Waals surface area contributed by atoms with Gasteiger partial charge in [0, 0.05) is 6.54 Å². The molecule has 19 heavy (non-hydrogen) atoms. The second-order valence-corrected chi connectivity index (χ2v) is 4.81. The van der Waals surface area contributed by atoms with Crippen molar-refractivity contribution in [2.24, 2.45) is 10.8 Å². The van der Waals surface area contributed by atoms with Crippen molar-refractivity contribution in [3.05, 3.63) is 35.4 Å². The summed E-state index contributed by atoms with van der Waals surface area (Å²) in [7, 11) is 0. The van der Waals surface area contributed by atoms with Gasteiger partial charge in [-0.15, -0.1) is 0 Å². The Morgan fingerprint density at radius 1 is 1.26 bits per heavy atom. The lowest BCUT2D eigenvalue weighted by Crippen LogP contribution is -2.29. The molecule has 0 radical (unpaired) electrons. The molecule has 1 saturated heterocycles. The van der Waals surface area contributed by atoms with E-state index in [-0.39, 0.29) is 0 Å². The summed E-state index contributed by atoms with van der Waals surface area (Å²) >= 11 is 0. The maximum atomic E-state index is 10.5. The minimum absolute atomic E-state index is 0.655. The third-order valence-corrected chi connectivity index (χ3v) is 3.22. The lowest BCUT2D eigenvalue weighted by Gasteiger charge is -2.26. The quantitative estimate of drug-likeness (QED) is 0.638. The Morgan fingerprint density at radius 3 is 2.58 bits per heavy atom. The summed E-state index contributed by atoms with van der Waals surface area (Å²) in [6, 6.07) is 7.52. The molecular weight excluding hydrogens is 240 g/mol. The van der Waals surface area contributed by atoms with Crippen LogP contribution >= 0.6 is 0 Å². The molecule has 0 aliphatic carbocycles. The molecule has 0 aromatic heterocycles. The van der Waals surface area contributed by atoms with Gasteiger partial charge in [0.2, 0.25) is 0 Å². The van der Waals surface area contributed by atoms with Crippen LogP contribution in [0.4, 0.5) is 4.79 Å². The number of carbonyl (C=O) groups excluding carboxylic acids is 1. The van der Waals surface area contributed by atoms with Gasteiger partial charge in [-0.2, -0.15) is 5.10 Å². The summed E-state index contributed by atoms with van der Waals surface area (Å²) in [6.07, 6.45) is 5.56. The lowest BCUT2D eigenvalue weighted by molar-refractivity contribution is 0.221. The normalized spacial score (nSPS) is 16.6. The molecule has 0 atom stereocenters. The number of likely N-dealkylation sites (tertiary alicyclic amines) is 1. The Balaban J connectivity index is 1.86. The van der Waals surface area contributed by atoms with Crippen LogP contribution in [0.25, 0.3) is 0 Å². The number of rotatable bonds is 4. The van der Waals surface area contributed by atoms with E-state index in [0.717, 1.165) is 12.1 Å². The first kappa shape index (κ1) is 13.5. The summed E-state index contributed by atoms with van der Waals surface area (Å²) in [5.74, 6) is 0. The molecule has 1 fully saturated rings. The molecular formula is C14H20N4O. The topological polar surface area (TPSA) is 70.7 Å². The number of nitrogens with two attached hydrogens (primary N) is 1. The van der Waals surface area contributed by atoms with Crippen LogP contribution in [-0.4, -0.2) is 30.2 Å². The number of urea groups is 1. The zero-order valence-electron chi connectivity index (χ0n) is 11.0. The van der Waals surface area contributed by atoms with Gasteiger partial charge >= 0.3 is 6.03 Å². The van der Waals surface area contributed by atoms with E-state index in [2.05, 4.69) is 27.6 Å². The highest BCUT2D eigenvalue weighted by Gasteiger charge is 2.09. The van der Waals surface area contributed by atoms with Gasteiger partial charge in [-0.05, 0) is 37.1 Å². The minimum Gasteiger partial charge on any atom is -0.350 e. The molecule has 5 nitrogen and oxygen atoms in total. The number of nitrogens with zero attached hydrogens (tertiary/aromatic N) is 2. The SMILES string of the molecule is NC(=O)NN=Cc1ccc(CN2CCCCC2)cc1. The predicted octanol–water partition coefficient (Wildman–Crippen LogP) is 1.67. The van der Waals surface area contributed by atoms with Gasteiger partial charge in [-0.1, -0.05) is 30.7 Å². The highest BCUT2D eigenvalue weighted by molar-refractivity contribution is 5.81. The standard InChI is InChI=1S/C14H20N4O/c15-14(19)17-16-10-12-4-6-13(7-5-12)11-18-8-2-1-3-9-18/h4-7,10H,1-3,8-9,11H2,(H3,15,17,19). The van der Waals surface area contributed by atoms with Crippen LogP contribution in [0.1, 0.15) is 30.4 Å². The molecule has 1 aromatic carbocycles. The summed E-state index contributed by atoms with van der Waals surface area (Å²) in [5.41, 5.74) is 9.34. The van der Waals surface area contributed by atoms with Crippen molar-refractivity contribution < 1.29 is 4.79 Å². The summed E-state index contributed by atoms with van der Waals surface area (Å²) < 4.78 is 0. The largest absolute Gasteiger partial charge is 0.350 e. The van der Waals surface area contributed by atoms with E-state index in [0.29, 0.717) is 0 Å². The molecule has 0 unspecified atom stereocenters. The molecule has 1 aromatic rings. The maximum absolute atomic E-state index is 10.5. The Hall–Kier alpha value is -1.88. The number of hydrogen-bond donors (Lipinski definition) is 2. The van der Waals surface area contributed by atoms with Gasteiger partial charge in [-0.25, -0.2) is 10.2 Å². The second kappa shape index (κ2) is 6.89. The van der Waals surface area contributed by atoms with Crippen LogP contribution in [-0.2, 0) is 6.54 Å². The van der Waals surface area contributed by atoms with E-state index in [1.807, 2.05) is 12.1 Å². The van der Waals surface area contributed by atoms with Crippen molar-refractivity contribution in [2.75, 3.05) is 13.1 Å². The fourth-order valence-electron chi connectivity index (χ4n) is 2.26. The molecule has 0 spiro atoms. The van der Waals surface area contributed by atoms with Crippen molar-refractivity contribution in [3.8, 4) is 0 Å². The first-order valence-corrected chi connectivity index (χ1v) is 6.64. The fraction of sp³-hybridized carbons (Fsp3) is 0.429. The van der Waals surface area contributed by atoms with E-state index < -0.39 is 6.03 Å². The molecule has 2 rings (SSSR count). The number of hydrogen-bond acceptors (Lipinski definition) is 3. The highest BCUT2D eigenvalue weighted by Crippen LogP contribution is 2.13.